The molecule has 2 heterocycles. The maximum Gasteiger partial charge on any atom is 0.131 e. The fourth-order valence-electron chi connectivity index (χ4n) is 2.02. The summed E-state index contributed by atoms with van der Waals surface area (Å²) in [5, 5.41) is 0. The molecule has 0 amide bonds. The maximum atomic E-state index is 5.62. The zero-order valence-electron chi connectivity index (χ0n) is 9.56. The molecule has 1 aromatic rings. The van der Waals surface area contributed by atoms with Gasteiger partial charge in [-0.2, -0.15) is 0 Å². The van der Waals surface area contributed by atoms with Crippen LogP contribution in [0.1, 0.15) is 12.0 Å². The fraction of sp³-hybridized carbons (Fsp3) is 0.583. The Morgan fingerprint density at radius 2 is 2.31 bits per heavy atom. The Morgan fingerprint density at radius 1 is 1.38 bits per heavy atom. The number of nitrogens with two attached hydrogens (primary N) is 1. The van der Waals surface area contributed by atoms with Crippen molar-refractivity contribution in [2.45, 2.75) is 12.8 Å². The monoisotopic (exact) mass is 221 g/mol. The molecule has 0 saturated carbocycles. The van der Waals surface area contributed by atoms with E-state index in [1.165, 1.54) is 5.56 Å². The van der Waals surface area contributed by atoms with Crippen LogP contribution in [-0.2, 0) is 11.2 Å². The number of ether oxygens (including phenoxy) is 1. The molecule has 88 valence electrons. The molecule has 0 atom stereocenters. The minimum Gasteiger partial charge on any atom is -0.380 e. The van der Waals surface area contributed by atoms with E-state index in [2.05, 4.69) is 16.0 Å². The third kappa shape index (κ3) is 2.71. The van der Waals surface area contributed by atoms with Crippen molar-refractivity contribution in [3.05, 3.63) is 23.9 Å². The standard InChI is InChI=1S/C12H19N3O/c13-5-4-11-3-1-6-14-12(11)15-7-2-9-16-10-8-15/h1,3,6H,2,4-5,7-10,13H2. The molecule has 4 nitrogen and oxygen atoms in total. The predicted octanol–water partition coefficient (Wildman–Crippen LogP) is 0.809. The third-order valence-electron chi connectivity index (χ3n) is 2.80. The maximum absolute atomic E-state index is 5.62. The average molecular weight is 221 g/mol. The molecule has 0 radical (unpaired) electrons. The van der Waals surface area contributed by atoms with Crippen LogP contribution in [0.25, 0.3) is 0 Å². The van der Waals surface area contributed by atoms with Gasteiger partial charge in [0.15, 0.2) is 0 Å². The van der Waals surface area contributed by atoms with E-state index in [-0.39, 0.29) is 0 Å². The van der Waals surface area contributed by atoms with Crippen LogP contribution in [0.3, 0.4) is 0 Å². The highest BCUT2D eigenvalue weighted by Gasteiger charge is 2.13. The summed E-state index contributed by atoms with van der Waals surface area (Å²) >= 11 is 0. The van der Waals surface area contributed by atoms with E-state index in [0.29, 0.717) is 6.54 Å². The van der Waals surface area contributed by atoms with Crippen molar-refractivity contribution in [3.63, 3.8) is 0 Å². The van der Waals surface area contributed by atoms with Crippen LogP contribution in [0.2, 0.25) is 0 Å². The van der Waals surface area contributed by atoms with Crippen LogP contribution >= 0.6 is 0 Å². The van der Waals surface area contributed by atoms with Crippen molar-refractivity contribution in [1.29, 1.82) is 0 Å². The summed E-state index contributed by atoms with van der Waals surface area (Å²) in [6.07, 6.45) is 3.81. The fourth-order valence-corrected chi connectivity index (χ4v) is 2.02. The van der Waals surface area contributed by atoms with Crippen LogP contribution in [0, 0.1) is 0 Å². The van der Waals surface area contributed by atoms with Gasteiger partial charge in [-0.05, 0) is 31.0 Å². The van der Waals surface area contributed by atoms with E-state index in [1.54, 1.807) is 0 Å². The van der Waals surface area contributed by atoms with Crippen molar-refractivity contribution in [3.8, 4) is 0 Å². The molecule has 1 aromatic heterocycles. The molecule has 2 rings (SSSR count). The summed E-state index contributed by atoms with van der Waals surface area (Å²) in [6.45, 7) is 4.26. The largest absolute Gasteiger partial charge is 0.380 e. The Morgan fingerprint density at radius 3 is 3.19 bits per heavy atom. The van der Waals surface area contributed by atoms with E-state index in [4.69, 9.17) is 10.5 Å². The van der Waals surface area contributed by atoms with E-state index in [1.807, 2.05) is 12.3 Å². The number of rotatable bonds is 3. The second kappa shape index (κ2) is 5.82. The van der Waals surface area contributed by atoms with E-state index in [9.17, 15) is 0 Å². The van der Waals surface area contributed by atoms with Gasteiger partial charge in [0.2, 0.25) is 0 Å². The first-order chi connectivity index (χ1) is 7.92. The molecule has 4 heteroatoms. The SMILES string of the molecule is NCCc1cccnc1N1CCCOCC1. The van der Waals surface area contributed by atoms with Crippen molar-refractivity contribution in [2.24, 2.45) is 5.73 Å². The number of aromatic nitrogens is 1. The van der Waals surface area contributed by atoms with Crippen molar-refractivity contribution >= 4 is 5.82 Å². The van der Waals surface area contributed by atoms with Gasteiger partial charge in [0, 0.05) is 25.9 Å². The van der Waals surface area contributed by atoms with Gasteiger partial charge in [-0.15, -0.1) is 0 Å². The van der Waals surface area contributed by atoms with Gasteiger partial charge in [0.25, 0.3) is 0 Å². The Hall–Kier alpha value is -1.13. The first-order valence-electron chi connectivity index (χ1n) is 5.88. The molecule has 2 N–H and O–H groups in total. The number of hydrogen-bond donors (Lipinski definition) is 1. The average Bonchev–Trinajstić information content (AvgIpc) is 2.59. The lowest BCUT2D eigenvalue weighted by Gasteiger charge is -2.23. The van der Waals surface area contributed by atoms with E-state index in [0.717, 1.165) is 45.0 Å². The number of anilines is 1. The number of pyridine rings is 1. The van der Waals surface area contributed by atoms with Gasteiger partial charge in [0.1, 0.15) is 5.82 Å². The molecule has 1 aliphatic heterocycles. The van der Waals surface area contributed by atoms with Crippen LogP contribution in [-0.4, -0.2) is 37.8 Å². The predicted molar refractivity (Wildman–Crippen MR) is 64.6 cm³/mol. The second-order valence-electron chi connectivity index (χ2n) is 3.98. The minimum atomic E-state index is 0.670. The van der Waals surface area contributed by atoms with Gasteiger partial charge >= 0.3 is 0 Å². The first-order valence-corrected chi connectivity index (χ1v) is 5.88. The van der Waals surface area contributed by atoms with Crippen molar-refractivity contribution < 1.29 is 4.74 Å². The van der Waals surface area contributed by atoms with E-state index >= 15 is 0 Å². The molecule has 16 heavy (non-hydrogen) atoms. The highest BCUT2D eigenvalue weighted by atomic mass is 16.5. The summed E-state index contributed by atoms with van der Waals surface area (Å²) in [6, 6.07) is 4.09. The molecule has 1 saturated heterocycles. The van der Waals surface area contributed by atoms with Gasteiger partial charge in [-0.3, -0.25) is 0 Å². The molecular formula is C12H19N3O. The smallest absolute Gasteiger partial charge is 0.131 e. The Labute approximate surface area is 96.4 Å². The molecule has 0 unspecified atom stereocenters. The summed E-state index contributed by atoms with van der Waals surface area (Å²) in [7, 11) is 0. The Bertz CT molecular complexity index is 322. The normalized spacial score (nSPS) is 17.2. The third-order valence-corrected chi connectivity index (χ3v) is 2.80. The molecule has 0 bridgehead atoms. The molecule has 0 spiro atoms. The Kier molecular flexibility index (Phi) is 4.13. The molecule has 0 aromatic carbocycles. The topological polar surface area (TPSA) is 51.4 Å². The molecule has 1 fully saturated rings. The van der Waals surface area contributed by atoms with E-state index < -0.39 is 0 Å². The second-order valence-corrected chi connectivity index (χ2v) is 3.98. The summed E-state index contributed by atoms with van der Waals surface area (Å²) < 4.78 is 5.45. The van der Waals surface area contributed by atoms with Gasteiger partial charge in [0.05, 0.1) is 6.61 Å². The molecular weight excluding hydrogens is 202 g/mol. The lowest BCUT2D eigenvalue weighted by Crippen LogP contribution is -2.28. The Balaban J connectivity index is 2.16. The number of hydrogen-bond acceptors (Lipinski definition) is 4. The molecule has 0 aliphatic carbocycles. The van der Waals surface area contributed by atoms with Crippen LogP contribution in [0.15, 0.2) is 18.3 Å². The zero-order chi connectivity index (χ0) is 11.2. The van der Waals surface area contributed by atoms with Crippen molar-refractivity contribution in [2.75, 3.05) is 37.7 Å². The summed E-state index contributed by atoms with van der Waals surface area (Å²) in [5.41, 5.74) is 6.86. The highest BCUT2D eigenvalue weighted by Crippen LogP contribution is 2.18. The summed E-state index contributed by atoms with van der Waals surface area (Å²) in [4.78, 5) is 6.78. The van der Waals surface area contributed by atoms with Gasteiger partial charge < -0.3 is 15.4 Å². The van der Waals surface area contributed by atoms with Crippen LogP contribution in [0.5, 0.6) is 0 Å². The number of nitrogens with zero attached hydrogens (tertiary/aromatic N) is 2. The summed E-state index contributed by atoms with van der Waals surface area (Å²) in [5.74, 6) is 1.08. The van der Waals surface area contributed by atoms with Crippen LogP contribution < -0.4 is 10.6 Å². The minimum absolute atomic E-state index is 0.670. The lowest BCUT2D eigenvalue weighted by molar-refractivity contribution is 0.152. The highest BCUT2D eigenvalue weighted by molar-refractivity contribution is 5.47. The zero-order valence-corrected chi connectivity index (χ0v) is 9.56. The van der Waals surface area contributed by atoms with Crippen molar-refractivity contribution in [1.82, 2.24) is 4.98 Å². The molecule has 1 aliphatic rings. The first kappa shape index (κ1) is 11.4. The lowest BCUT2D eigenvalue weighted by atomic mass is 10.1. The van der Waals surface area contributed by atoms with Gasteiger partial charge in [-0.25, -0.2) is 4.98 Å². The van der Waals surface area contributed by atoms with Gasteiger partial charge in [-0.1, -0.05) is 6.07 Å². The van der Waals surface area contributed by atoms with Crippen LogP contribution in [0.4, 0.5) is 5.82 Å². The quantitative estimate of drug-likeness (QED) is 0.820.